The molecule has 1 amide bonds. The van der Waals surface area contributed by atoms with E-state index in [0.29, 0.717) is 23.8 Å². The summed E-state index contributed by atoms with van der Waals surface area (Å²) in [5.41, 5.74) is 2.79. The molecule has 0 aliphatic carbocycles. The van der Waals surface area contributed by atoms with Crippen LogP contribution in [-0.4, -0.2) is 15.7 Å². The minimum Gasteiger partial charge on any atom is -0.465 e. The molecule has 4 rings (SSSR count). The van der Waals surface area contributed by atoms with Gasteiger partial charge in [-0.05, 0) is 37.3 Å². The van der Waals surface area contributed by atoms with E-state index in [9.17, 15) is 9.18 Å². The summed E-state index contributed by atoms with van der Waals surface area (Å²) in [5, 5.41) is 7.21. The highest BCUT2D eigenvalue weighted by Crippen LogP contribution is 2.42. The monoisotopic (exact) mass is 357 g/mol. The molecular weight excluding hydrogens is 341 g/mol. The first-order valence-corrected chi connectivity index (χ1v) is 8.83. The number of aryl methyl sites for hydroxylation is 2. The van der Waals surface area contributed by atoms with Crippen molar-refractivity contribution in [3.8, 4) is 11.3 Å². The van der Waals surface area contributed by atoms with Crippen molar-refractivity contribution < 1.29 is 13.6 Å². The van der Waals surface area contributed by atoms with Crippen LogP contribution in [0.4, 0.5) is 4.39 Å². The number of hydrogen-bond donors (Lipinski definition) is 1. The van der Waals surface area contributed by atoms with E-state index < -0.39 is 0 Å². The second-order valence-electron chi connectivity index (χ2n) is 5.92. The van der Waals surface area contributed by atoms with Crippen LogP contribution in [0.3, 0.4) is 0 Å². The highest BCUT2D eigenvalue weighted by Gasteiger charge is 2.28. The van der Waals surface area contributed by atoms with Crippen molar-refractivity contribution in [3.05, 3.63) is 58.9 Å². The Hall–Kier alpha value is -2.54. The molecule has 0 saturated heterocycles. The van der Waals surface area contributed by atoms with Gasteiger partial charge in [0.2, 0.25) is 0 Å². The zero-order chi connectivity index (χ0) is 17.6. The molecule has 3 aromatic rings. The van der Waals surface area contributed by atoms with Crippen molar-refractivity contribution in [2.24, 2.45) is 7.05 Å². The van der Waals surface area contributed by atoms with Gasteiger partial charge in [0.15, 0.2) is 5.69 Å². The summed E-state index contributed by atoms with van der Waals surface area (Å²) >= 11 is 1.58. The van der Waals surface area contributed by atoms with Gasteiger partial charge in [0, 0.05) is 28.8 Å². The van der Waals surface area contributed by atoms with E-state index in [1.165, 1.54) is 12.1 Å². The summed E-state index contributed by atoms with van der Waals surface area (Å²) in [6.45, 7) is 2.16. The molecule has 0 radical (unpaired) electrons. The molecule has 0 atom stereocenters. The Balaban J connectivity index is 1.64. The van der Waals surface area contributed by atoms with Crippen molar-refractivity contribution >= 4 is 17.7 Å². The normalized spacial score (nSPS) is 12.6. The largest absolute Gasteiger partial charge is 0.465 e. The Kier molecular flexibility index (Phi) is 3.88. The van der Waals surface area contributed by atoms with Gasteiger partial charge >= 0.3 is 0 Å². The standard InChI is InChI=1S/C18H16FN3O2S/c1-10-3-5-12(24-10)8-20-18(23)16-14-9-25-15-6-4-11(19)7-13(15)17(14)22(2)21-16/h3-7H,8-9H2,1-2H3,(H,20,23). The number of carbonyl (C=O) groups is 1. The first kappa shape index (κ1) is 16.0. The molecule has 3 heterocycles. The van der Waals surface area contributed by atoms with Crippen LogP contribution in [0.15, 0.2) is 39.6 Å². The van der Waals surface area contributed by atoms with Gasteiger partial charge in [-0.25, -0.2) is 4.39 Å². The Bertz CT molecular complexity index is 977. The summed E-state index contributed by atoms with van der Waals surface area (Å²) < 4.78 is 20.8. The number of rotatable bonds is 3. The number of aromatic nitrogens is 2. The summed E-state index contributed by atoms with van der Waals surface area (Å²) in [6, 6.07) is 8.40. The number of benzene rings is 1. The molecule has 0 saturated carbocycles. The number of hydrogen-bond acceptors (Lipinski definition) is 4. The summed E-state index contributed by atoms with van der Waals surface area (Å²) in [4.78, 5) is 13.6. The van der Waals surface area contributed by atoms with Gasteiger partial charge in [-0.1, -0.05) is 0 Å². The number of fused-ring (bicyclic) bond motifs is 3. The summed E-state index contributed by atoms with van der Waals surface area (Å²) in [5.74, 6) is 1.57. The summed E-state index contributed by atoms with van der Waals surface area (Å²) in [6.07, 6.45) is 0. The van der Waals surface area contributed by atoms with Crippen LogP contribution in [0.2, 0.25) is 0 Å². The van der Waals surface area contributed by atoms with E-state index in [-0.39, 0.29) is 11.7 Å². The minimum atomic E-state index is -0.299. The van der Waals surface area contributed by atoms with Crippen LogP contribution in [0.25, 0.3) is 11.3 Å². The van der Waals surface area contributed by atoms with E-state index in [1.807, 2.05) is 19.1 Å². The predicted molar refractivity (Wildman–Crippen MR) is 92.8 cm³/mol. The first-order valence-electron chi connectivity index (χ1n) is 7.85. The quantitative estimate of drug-likeness (QED) is 0.777. The Labute approximate surface area is 148 Å². The Morgan fingerprint density at radius 3 is 3.00 bits per heavy atom. The van der Waals surface area contributed by atoms with Crippen molar-refractivity contribution in [2.45, 2.75) is 24.1 Å². The van der Waals surface area contributed by atoms with Crippen LogP contribution >= 0.6 is 11.8 Å². The lowest BCUT2D eigenvalue weighted by Gasteiger charge is -2.17. The topological polar surface area (TPSA) is 60.1 Å². The molecule has 1 aliphatic rings. The molecule has 0 fully saturated rings. The van der Waals surface area contributed by atoms with Gasteiger partial charge in [0.25, 0.3) is 5.91 Å². The van der Waals surface area contributed by atoms with Crippen molar-refractivity contribution in [2.75, 3.05) is 0 Å². The fourth-order valence-corrected chi connectivity index (χ4v) is 4.07. The Morgan fingerprint density at radius 2 is 2.24 bits per heavy atom. The number of thioether (sulfide) groups is 1. The van der Waals surface area contributed by atoms with Crippen molar-refractivity contribution in [3.63, 3.8) is 0 Å². The van der Waals surface area contributed by atoms with Gasteiger partial charge in [0.1, 0.15) is 17.3 Å². The summed E-state index contributed by atoms with van der Waals surface area (Å²) in [7, 11) is 1.77. The van der Waals surface area contributed by atoms with E-state index in [2.05, 4.69) is 10.4 Å². The maximum Gasteiger partial charge on any atom is 0.272 e. The van der Waals surface area contributed by atoms with E-state index >= 15 is 0 Å². The molecule has 0 spiro atoms. The average Bonchev–Trinajstić information content (AvgIpc) is 3.16. The third-order valence-corrected chi connectivity index (χ3v) is 5.25. The number of carbonyl (C=O) groups excluding carboxylic acids is 1. The van der Waals surface area contributed by atoms with Crippen LogP contribution in [0, 0.1) is 12.7 Å². The molecule has 0 unspecified atom stereocenters. The van der Waals surface area contributed by atoms with Crippen molar-refractivity contribution in [1.82, 2.24) is 15.1 Å². The molecule has 1 aliphatic heterocycles. The maximum atomic E-state index is 13.7. The third kappa shape index (κ3) is 2.84. The van der Waals surface area contributed by atoms with Gasteiger partial charge in [0.05, 0.1) is 12.2 Å². The smallest absolute Gasteiger partial charge is 0.272 e. The number of halogens is 1. The zero-order valence-corrected chi connectivity index (χ0v) is 14.6. The average molecular weight is 357 g/mol. The van der Waals surface area contributed by atoms with E-state index in [1.54, 1.807) is 29.6 Å². The molecule has 1 N–H and O–H groups in total. The predicted octanol–water partition coefficient (Wildman–Crippen LogP) is 3.66. The molecule has 0 bridgehead atoms. The maximum absolute atomic E-state index is 13.7. The number of nitrogens with zero attached hydrogens (tertiary/aromatic N) is 2. The lowest BCUT2D eigenvalue weighted by Crippen LogP contribution is -2.24. The SMILES string of the molecule is Cc1ccc(CNC(=O)c2nn(C)c3c2CSc2ccc(F)cc2-3)o1. The fourth-order valence-electron chi connectivity index (χ4n) is 3.02. The minimum absolute atomic E-state index is 0.258. The first-order chi connectivity index (χ1) is 12.0. The van der Waals surface area contributed by atoms with Crippen LogP contribution in [0.5, 0.6) is 0 Å². The number of amides is 1. The zero-order valence-electron chi connectivity index (χ0n) is 13.8. The van der Waals surface area contributed by atoms with Crippen LogP contribution < -0.4 is 5.32 Å². The molecule has 2 aromatic heterocycles. The second-order valence-corrected chi connectivity index (χ2v) is 6.94. The van der Waals surface area contributed by atoms with Gasteiger partial charge in [-0.2, -0.15) is 5.10 Å². The highest BCUT2D eigenvalue weighted by molar-refractivity contribution is 7.98. The third-order valence-electron chi connectivity index (χ3n) is 4.15. The highest BCUT2D eigenvalue weighted by atomic mass is 32.2. The lowest BCUT2D eigenvalue weighted by atomic mass is 10.1. The molecule has 1 aromatic carbocycles. The van der Waals surface area contributed by atoms with Gasteiger partial charge < -0.3 is 9.73 Å². The molecule has 128 valence electrons. The van der Waals surface area contributed by atoms with E-state index in [4.69, 9.17) is 4.42 Å². The van der Waals surface area contributed by atoms with Gasteiger partial charge in [-0.15, -0.1) is 11.8 Å². The van der Waals surface area contributed by atoms with Crippen LogP contribution in [0.1, 0.15) is 27.6 Å². The van der Waals surface area contributed by atoms with Gasteiger partial charge in [-0.3, -0.25) is 9.48 Å². The second kappa shape index (κ2) is 6.07. The molecule has 5 nitrogen and oxygen atoms in total. The molecular formula is C18H16FN3O2S. The number of furan rings is 1. The van der Waals surface area contributed by atoms with E-state index in [0.717, 1.165) is 27.5 Å². The lowest BCUT2D eigenvalue weighted by molar-refractivity contribution is 0.0941. The van der Waals surface area contributed by atoms with Crippen molar-refractivity contribution in [1.29, 1.82) is 0 Å². The molecule has 25 heavy (non-hydrogen) atoms. The molecule has 7 heteroatoms. The van der Waals surface area contributed by atoms with Crippen LogP contribution in [-0.2, 0) is 19.3 Å². The fraction of sp³-hybridized carbons (Fsp3) is 0.222. The number of nitrogens with one attached hydrogen (secondary N) is 1. The Morgan fingerprint density at radius 1 is 1.40 bits per heavy atom.